The van der Waals surface area contributed by atoms with Crippen LogP contribution in [0.15, 0.2) is 101 Å². The average molecular weight is 538 g/mol. The van der Waals surface area contributed by atoms with E-state index in [1.165, 1.54) is 0 Å². The Bertz CT molecular complexity index is 1440. The van der Waals surface area contributed by atoms with E-state index in [1.807, 2.05) is 99.6 Å². The van der Waals surface area contributed by atoms with Crippen LogP contribution < -0.4 is 14.8 Å². The first-order chi connectivity index (χ1) is 19.3. The van der Waals surface area contributed by atoms with E-state index >= 15 is 0 Å². The third kappa shape index (κ3) is 5.81. The molecule has 0 amide bonds. The van der Waals surface area contributed by atoms with Gasteiger partial charge in [0.1, 0.15) is 18.1 Å². The summed E-state index contributed by atoms with van der Waals surface area (Å²) in [4.78, 5) is 27.2. The van der Waals surface area contributed by atoms with Crippen molar-refractivity contribution in [1.82, 2.24) is 5.32 Å². The van der Waals surface area contributed by atoms with Gasteiger partial charge >= 0.3 is 5.97 Å². The number of Topliss-reactive ketones (excluding diaryl/α,β-unsaturated/α-hetero) is 1. The van der Waals surface area contributed by atoms with Crippen LogP contribution in [0.4, 0.5) is 0 Å². The van der Waals surface area contributed by atoms with Gasteiger partial charge in [0.25, 0.3) is 0 Å². The quantitative estimate of drug-likeness (QED) is 0.327. The number of ether oxygens (including phenoxy) is 3. The van der Waals surface area contributed by atoms with Gasteiger partial charge in [-0.05, 0) is 74.1 Å². The summed E-state index contributed by atoms with van der Waals surface area (Å²) in [6, 6.07) is 25.5. The van der Waals surface area contributed by atoms with Crippen molar-refractivity contribution in [2.75, 3.05) is 7.11 Å². The molecule has 1 aliphatic carbocycles. The minimum Gasteiger partial charge on any atom is -0.497 e. The van der Waals surface area contributed by atoms with Crippen molar-refractivity contribution in [1.29, 1.82) is 0 Å². The molecule has 0 bridgehead atoms. The van der Waals surface area contributed by atoms with Crippen LogP contribution in [-0.4, -0.2) is 25.0 Å². The molecular weight excluding hydrogens is 502 g/mol. The molecule has 0 aromatic heterocycles. The number of carbonyl (C=O) groups is 2. The zero-order chi connectivity index (χ0) is 28.2. The van der Waals surface area contributed by atoms with Gasteiger partial charge in [-0.3, -0.25) is 4.79 Å². The maximum absolute atomic E-state index is 13.8. The Kier molecular flexibility index (Phi) is 8.06. The van der Waals surface area contributed by atoms with E-state index in [4.69, 9.17) is 14.2 Å². The standard InChI is InChI=1S/C34H35NO5/c1-21(2)40-34(37)31-22(3)35-29-18-26(24-10-14-27(38-4)15-11-24)19-30(36)33(29)32(31)25-12-16-28(17-13-25)39-20-23-8-6-5-7-9-23/h5-17,21,26,32,35H,18-20H2,1-4H3/t26-,32+/m1/s1. The molecule has 1 heterocycles. The molecular formula is C34H35NO5. The topological polar surface area (TPSA) is 73.9 Å². The lowest BCUT2D eigenvalue weighted by molar-refractivity contribution is -0.143. The van der Waals surface area contributed by atoms with Gasteiger partial charge in [-0.2, -0.15) is 0 Å². The lowest BCUT2D eigenvalue weighted by Crippen LogP contribution is -2.36. The molecule has 0 radical (unpaired) electrons. The molecule has 5 rings (SSSR count). The number of hydrogen-bond acceptors (Lipinski definition) is 6. The lowest BCUT2D eigenvalue weighted by Gasteiger charge is -2.37. The summed E-state index contributed by atoms with van der Waals surface area (Å²) in [7, 11) is 1.64. The second-order valence-electron chi connectivity index (χ2n) is 10.6. The number of methoxy groups -OCH3 is 1. The van der Waals surface area contributed by atoms with E-state index in [9.17, 15) is 9.59 Å². The monoisotopic (exact) mass is 537 g/mol. The number of esters is 1. The van der Waals surface area contributed by atoms with Gasteiger partial charge < -0.3 is 19.5 Å². The number of nitrogens with one attached hydrogen (secondary N) is 1. The summed E-state index contributed by atoms with van der Waals surface area (Å²) < 4.78 is 16.9. The summed E-state index contributed by atoms with van der Waals surface area (Å²) in [5.74, 6) is 0.644. The predicted molar refractivity (Wildman–Crippen MR) is 154 cm³/mol. The Morgan fingerprint density at radius 1 is 0.900 bits per heavy atom. The number of dihydropyridines is 1. The fraction of sp³-hybridized carbons (Fsp3) is 0.294. The number of rotatable bonds is 8. The zero-order valence-corrected chi connectivity index (χ0v) is 23.4. The van der Waals surface area contributed by atoms with Crippen LogP contribution in [0.25, 0.3) is 0 Å². The number of benzene rings is 3. The van der Waals surface area contributed by atoms with Crippen LogP contribution in [0.2, 0.25) is 0 Å². The number of carbonyl (C=O) groups excluding carboxylic acids is 2. The molecule has 0 saturated heterocycles. The SMILES string of the molecule is COc1ccc([C@H]2CC(=O)C3=C(C2)NC(C)=C(C(=O)OC(C)C)[C@@H]3c2ccc(OCc3ccccc3)cc2)cc1. The molecule has 0 fully saturated rings. The van der Waals surface area contributed by atoms with Crippen molar-refractivity contribution in [3.05, 3.63) is 118 Å². The van der Waals surface area contributed by atoms with Crippen LogP contribution in [0.3, 0.4) is 0 Å². The van der Waals surface area contributed by atoms with E-state index in [-0.39, 0.29) is 17.8 Å². The van der Waals surface area contributed by atoms with Gasteiger partial charge in [0.05, 0.1) is 18.8 Å². The summed E-state index contributed by atoms with van der Waals surface area (Å²) >= 11 is 0. The van der Waals surface area contributed by atoms with Gasteiger partial charge in [-0.25, -0.2) is 4.79 Å². The van der Waals surface area contributed by atoms with E-state index in [2.05, 4.69) is 5.32 Å². The minimum atomic E-state index is -0.519. The summed E-state index contributed by atoms with van der Waals surface area (Å²) in [5.41, 5.74) is 5.71. The molecule has 3 aromatic carbocycles. The Morgan fingerprint density at radius 3 is 2.20 bits per heavy atom. The van der Waals surface area contributed by atoms with Crippen LogP contribution in [0, 0.1) is 0 Å². The van der Waals surface area contributed by atoms with Crippen molar-refractivity contribution >= 4 is 11.8 Å². The Morgan fingerprint density at radius 2 is 1.55 bits per heavy atom. The minimum absolute atomic E-state index is 0.0336. The number of allylic oxidation sites excluding steroid dienone is 3. The van der Waals surface area contributed by atoms with Gasteiger partial charge in [-0.1, -0.05) is 54.6 Å². The highest BCUT2D eigenvalue weighted by molar-refractivity contribution is 6.04. The highest BCUT2D eigenvalue weighted by Gasteiger charge is 2.41. The first-order valence-corrected chi connectivity index (χ1v) is 13.7. The largest absolute Gasteiger partial charge is 0.497 e. The molecule has 0 unspecified atom stereocenters. The maximum Gasteiger partial charge on any atom is 0.337 e. The molecule has 0 saturated carbocycles. The third-order valence-electron chi connectivity index (χ3n) is 7.44. The van der Waals surface area contributed by atoms with E-state index in [1.54, 1.807) is 7.11 Å². The maximum atomic E-state index is 13.8. The van der Waals surface area contributed by atoms with Crippen molar-refractivity contribution in [3.8, 4) is 11.5 Å². The molecule has 1 N–H and O–H groups in total. The molecule has 0 spiro atoms. The Hall–Kier alpha value is -4.32. The fourth-order valence-electron chi connectivity index (χ4n) is 5.53. The van der Waals surface area contributed by atoms with Crippen LogP contribution in [0.5, 0.6) is 11.5 Å². The first-order valence-electron chi connectivity index (χ1n) is 13.7. The normalized spacial score (nSPS) is 18.8. The highest BCUT2D eigenvalue weighted by atomic mass is 16.5. The van der Waals surface area contributed by atoms with E-state index in [0.717, 1.165) is 33.9 Å². The van der Waals surface area contributed by atoms with Crippen LogP contribution >= 0.6 is 0 Å². The molecule has 2 aliphatic rings. The zero-order valence-electron chi connectivity index (χ0n) is 23.4. The van der Waals surface area contributed by atoms with Crippen molar-refractivity contribution in [3.63, 3.8) is 0 Å². The molecule has 1 aliphatic heterocycles. The molecule has 40 heavy (non-hydrogen) atoms. The van der Waals surface area contributed by atoms with Crippen molar-refractivity contribution in [2.45, 2.75) is 58.2 Å². The summed E-state index contributed by atoms with van der Waals surface area (Å²) in [6.07, 6.45) is 0.762. The first kappa shape index (κ1) is 27.3. The number of hydrogen-bond donors (Lipinski definition) is 1. The molecule has 2 atom stereocenters. The summed E-state index contributed by atoms with van der Waals surface area (Å²) in [6.45, 7) is 5.99. The third-order valence-corrected chi connectivity index (χ3v) is 7.44. The van der Waals surface area contributed by atoms with Crippen LogP contribution in [-0.2, 0) is 20.9 Å². The summed E-state index contributed by atoms with van der Waals surface area (Å²) in [5, 5.41) is 3.41. The molecule has 6 nitrogen and oxygen atoms in total. The van der Waals surface area contributed by atoms with Gasteiger partial charge in [0.2, 0.25) is 0 Å². The van der Waals surface area contributed by atoms with Crippen molar-refractivity contribution < 1.29 is 23.8 Å². The smallest absolute Gasteiger partial charge is 0.337 e. The Labute approximate surface area is 235 Å². The van der Waals surface area contributed by atoms with Gasteiger partial charge in [0.15, 0.2) is 5.78 Å². The second-order valence-corrected chi connectivity index (χ2v) is 10.6. The lowest BCUT2D eigenvalue weighted by atomic mass is 9.71. The van der Waals surface area contributed by atoms with Gasteiger partial charge in [0, 0.05) is 29.3 Å². The van der Waals surface area contributed by atoms with E-state index in [0.29, 0.717) is 36.3 Å². The second kappa shape index (κ2) is 11.8. The van der Waals surface area contributed by atoms with Crippen molar-refractivity contribution in [2.24, 2.45) is 0 Å². The van der Waals surface area contributed by atoms with E-state index < -0.39 is 11.9 Å². The number of ketones is 1. The van der Waals surface area contributed by atoms with Gasteiger partial charge in [-0.15, -0.1) is 0 Å². The molecule has 3 aromatic rings. The highest BCUT2D eigenvalue weighted by Crippen LogP contribution is 2.46. The predicted octanol–water partition coefficient (Wildman–Crippen LogP) is 6.59. The molecule has 206 valence electrons. The Balaban J connectivity index is 1.47. The molecule has 6 heteroatoms. The van der Waals surface area contributed by atoms with Crippen LogP contribution in [0.1, 0.15) is 62.1 Å². The fourth-order valence-corrected chi connectivity index (χ4v) is 5.53. The average Bonchev–Trinajstić information content (AvgIpc) is 2.95.